The molecule has 32 heavy (non-hydrogen) atoms. The number of carbonyl (C=O) groups excluding carboxylic acids is 1. The van der Waals surface area contributed by atoms with Crippen LogP contribution in [0.1, 0.15) is 10.5 Å². The minimum atomic E-state index is -3.82. The highest BCUT2D eigenvalue weighted by Gasteiger charge is 2.25. The number of carbonyl (C=O) groups is 1. The molecule has 1 N–H and O–H groups in total. The third-order valence-corrected chi connectivity index (χ3v) is 7.64. The molecule has 0 radical (unpaired) electrons. The van der Waals surface area contributed by atoms with Crippen LogP contribution in [0.5, 0.6) is 5.75 Å². The number of thiazole rings is 1. The van der Waals surface area contributed by atoms with E-state index >= 15 is 0 Å². The van der Waals surface area contributed by atoms with Gasteiger partial charge in [0.15, 0.2) is 5.13 Å². The highest BCUT2D eigenvalue weighted by Crippen LogP contribution is 2.27. The molecule has 2 heterocycles. The van der Waals surface area contributed by atoms with E-state index in [9.17, 15) is 13.2 Å². The molecular weight excluding hydrogens is 472 g/mol. The monoisotopic (exact) mass is 492 g/mol. The van der Waals surface area contributed by atoms with E-state index < -0.39 is 10.0 Å². The Labute approximate surface area is 195 Å². The Morgan fingerprint density at radius 3 is 2.44 bits per heavy atom. The highest BCUT2D eigenvalue weighted by molar-refractivity contribution is 7.93. The molecule has 8 nitrogen and oxygen atoms in total. The van der Waals surface area contributed by atoms with Crippen LogP contribution in [0.25, 0.3) is 0 Å². The smallest absolute Gasteiger partial charge is 0.273 e. The molecule has 0 spiro atoms. The van der Waals surface area contributed by atoms with Crippen LogP contribution in [0.3, 0.4) is 0 Å². The lowest BCUT2D eigenvalue weighted by molar-refractivity contribution is 0.0742. The van der Waals surface area contributed by atoms with Gasteiger partial charge < -0.3 is 14.5 Å². The van der Waals surface area contributed by atoms with E-state index in [2.05, 4.69) is 14.6 Å². The molecule has 2 aromatic carbocycles. The van der Waals surface area contributed by atoms with Crippen molar-refractivity contribution in [2.75, 3.05) is 42.9 Å². The summed E-state index contributed by atoms with van der Waals surface area (Å²) in [6, 6.07) is 13.6. The molecule has 11 heteroatoms. The van der Waals surface area contributed by atoms with Crippen molar-refractivity contribution in [3.63, 3.8) is 0 Å². The van der Waals surface area contributed by atoms with E-state index in [1.165, 1.54) is 19.2 Å². The van der Waals surface area contributed by atoms with Gasteiger partial charge in [-0.25, -0.2) is 13.4 Å². The van der Waals surface area contributed by atoms with Gasteiger partial charge in [-0.2, -0.15) is 0 Å². The molecule has 1 amide bonds. The summed E-state index contributed by atoms with van der Waals surface area (Å²) in [6.07, 6.45) is 0. The fourth-order valence-electron chi connectivity index (χ4n) is 3.37. The molecule has 1 aromatic heterocycles. The van der Waals surface area contributed by atoms with Crippen molar-refractivity contribution in [3.05, 3.63) is 64.6 Å². The maximum atomic E-state index is 12.9. The van der Waals surface area contributed by atoms with Gasteiger partial charge in [-0.15, -0.1) is 11.3 Å². The third-order valence-electron chi connectivity index (χ3n) is 5.07. The number of para-hydroxylation sites is 1. The fourth-order valence-corrected chi connectivity index (χ4v) is 5.56. The van der Waals surface area contributed by atoms with E-state index in [0.29, 0.717) is 37.0 Å². The average molecular weight is 493 g/mol. The second-order valence-electron chi connectivity index (χ2n) is 7.05. The van der Waals surface area contributed by atoms with Crippen molar-refractivity contribution < 1.29 is 17.9 Å². The second kappa shape index (κ2) is 9.35. The minimum absolute atomic E-state index is 0.0806. The van der Waals surface area contributed by atoms with Crippen LogP contribution in [0.15, 0.2) is 58.8 Å². The zero-order valence-electron chi connectivity index (χ0n) is 17.2. The van der Waals surface area contributed by atoms with E-state index in [-0.39, 0.29) is 21.6 Å². The molecule has 168 valence electrons. The van der Waals surface area contributed by atoms with Gasteiger partial charge in [0.2, 0.25) is 0 Å². The summed E-state index contributed by atoms with van der Waals surface area (Å²) < 4.78 is 32.6. The summed E-state index contributed by atoms with van der Waals surface area (Å²) in [5.74, 6) is 0.329. The van der Waals surface area contributed by atoms with Gasteiger partial charge in [0, 0.05) is 31.6 Å². The number of methoxy groups -OCH3 is 1. The number of halogens is 1. The maximum Gasteiger partial charge on any atom is 0.273 e. The lowest BCUT2D eigenvalue weighted by atomic mass is 10.2. The van der Waals surface area contributed by atoms with Gasteiger partial charge in [-0.05, 0) is 36.4 Å². The minimum Gasteiger partial charge on any atom is -0.497 e. The fraction of sp³-hybridized carbons (Fsp3) is 0.238. The molecule has 0 bridgehead atoms. The number of benzene rings is 2. The molecule has 1 fully saturated rings. The van der Waals surface area contributed by atoms with Gasteiger partial charge in [0.1, 0.15) is 11.4 Å². The zero-order chi connectivity index (χ0) is 22.7. The number of hydrogen-bond acceptors (Lipinski definition) is 7. The predicted octanol–water partition coefficient (Wildman–Crippen LogP) is 3.57. The van der Waals surface area contributed by atoms with E-state index in [1.54, 1.807) is 22.4 Å². The number of sulfonamides is 1. The van der Waals surface area contributed by atoms with Crippen molar-refractivity contribution in [3.8, 4) is 5.75 Å². The number of rotatable bonds is 6. The Balaban J connectivity index is 1.39. The topological polar surface area (TPSA) is 91.8 Å². The lowest BCUT2D eigenvalue weighted by Gasteiger charge is -2.36. The average Bonchev–Trinajstić information content (AvgIpc) is 3.27. The summed E-state index contributed by atoms with van der Waals surface area (Å²) in [4.78, 5) is 21.0. The van der Waals surface area contributed by atoms with Crippen molar-refractivity contribution in [1.82, 2.24) is 9.88 Å². The quantitative estimate of drug-likeness (QED) is 0.565. The number of amides is 1. The summed E-state index contributed by atoms with van der Waals surface area (Å²) in [7, 11) is -2.31. The summed E-state index contributed by atoms with van der Waals surface area (Å²) in [5, 5.41) is 2.38. The van der Waals surface area contributed by atoms with Crippen LogP contribution < -0.4 is 14.4 Å². The Morgan fingerprint density at radius 2 is 1.78 bits per heavy atom. The highest BCUT2D eigenvalue weighted by atomic mass is 35.5. The molecule has 0 atom stereocenters. The number of nitrogens with zero attached hydrogens (tertiary/aromatic N) is 3. The molecular formula is C21H21ClN4O4S2. The Hall–Kier alpha value is -2.82. The van der Waals surface area contributed by atoms with Crippen LogP contribution >= 0.6 is 22.9 Å². The second-order valence-corrected chi connectivity index (χ2v) is 10.00. The van der Waals surface area contributed by atoms with Crippen molar-refractivity contribution in [2.45, 2.75) is 4.90 Å². The van der Waals surface area contributed by atoms with Gasteiger partial charge in [-0.1, -0.05) is 23.7 Å². The first-order valence-electron chi connectivity index (χ1n) is 9.78. The van der Waals surface area contributed by atoms with Crippen LogP contribution in [-0.2, 0) is 10.0 Å². The SMILES string of the molecule is COc1ccc(S(=O)(=O)Nc2nc(C(=O)N3CCN(c4ccccc4Cl)CC3)cs2)cc1. The molecule has 1 aliphatic heterocycles. The predicted molar refractivity (Wildman–Crippen MR) is 125 cm³/mol. The lowest BCUT2D eigenvalue weighted by Crippen LogP contribution is -2.49. The molecule has 0 unspecified atom stereocenters. The molecule has 4 rings (SSSR count). The van der Waals surface area contributed by atoms with Crippen molar-refractivity contribution >= 4 is 49.7 Å². The van der Waals surface area contributed by atoms with Crippen molar-refractivity contribution in [2.24, 2.45) is 0 Å². The zero-order valence-corrected chi connectivity index (χ0v) is 19.6. The van der Waals surface area contributed by atoms with Gasteiger partial charge in [0.25, 0.3) is 15.9 Å². The van der Waals surface area contributed by atoms with Gasteiger partial charge in [-0.3, -0.25) is 9.52 Å². The van der Waals surface area contributed by atoms with Crippen LogP contribution in [0.2, 0.25) is 5.02 Å². The molecule has 0 saturated carbocycles. The summed E-state index contributed by atoms with van der Waals surface area (Å²) in [5.41, 5.74) is 1.17. The third kappa shape index (κ3) is 4.82. The Bertz CT molecular complexity index is 1210. The molecule has 1 aliphatic rings. The number of hydrogen-bond donors (Lipinski definition) is 1. The molecule has 0 aliphatic carbocycles. The summed E-state index contributed by atoms with van der Waals surface area (Å²) in [6.45, 7) is 2.34. The van der Waals surface area contributed by atoms with Crippen LogP contribution in [0.4, 0.5) is 10.8 Å². The van der Waals surface area contributed by atoms with Crippen molar-refractivity contribution in [1.29, 1.82) is 0 Å². The van der Waals surface area contributed by atoms with Gasteiger partial charge >= 0.3 is 0 Å². The number of nitrogens with one attached hydrogen (secondary N) is 1. The number of ether oxygens (including phenoxy) is 1. The van der Waals surface area contributed by atoms with Crippen LogP contribution in [0, 0.1) is 0 Å². The molecule has 3 aromatic rings. The standard InChI is InChI=1S/C21H21ClN4O4S2/c1-30-15-6-8-16(9-7-15)32(28,29)24-21-23-18(14-31-21)20(27)26-12-10-25(11-13-26)19-5-3-2-4-17(19)22/h2-9,14H,10-13H2,1H3,(H,23,24). The number of piperazine rings is 1. The number of anilines is 2. The Kier molecular flexibility index (Phi) is 6.54. The first kappa shape index (κ1) is 22.4. The van der Waals surface area contributed by atoms with E-state index in [0.717, 1.165) is 17.0 Å². The Morgan fingerprint density at radius 1 is 1.09 bits per heavy atom. The maximum absolute atomic E-state index is 12.9. The largest absolute Gasteiger partial charge is 0.497 e. The summed E-state index contributed by atoms with van der Waals surface area (Å²) >= 11 is 7.34. The normalized spacial score (nSPS) is 14.3. The first-order valence-corrected chi connectivity index (χ1v) is 12.5. The molecule has 1 saturated heterocycles. The van der Waals surface area contributed by atoms with E-state index in [4.69, 9.17) is 16.3 Å². The number of aromatic nitrogens is 1. The van der Waals surface area contributed by atoms with Gasteiger partial charge in [0.05, 0.1) is 22.7 Å². The van der Waals surface area contributed by atoms with E-state index in [1.807, 2.05) is 24.3 Å². The first-order chi connectivity index (χ1) is 15.4. The van der Waals surface area contributed by atoms with Crippen LogP contribution in [-0.4, -0.2) is 57.5 Å².